The second-order valence-corrected chi connectivity index (χ2v) is 8.63. The topological polar surface area (TPSA) is 37.4 Å². The molecule has 0 saturated carbocycles. The number of benzene rings is 1. The molecule has 1 aromatic carbocycles. The molecule has 0 N–H and O–H groups in total. The first-order chi connectivity index (χ1) is 13.8. The van der Waals surface area contributed by atoms with Gasteiger partial charge in [0, 0.05) is 64.6 Å². The van der Waals surface area contributed by atoms with E-state index in [2.05, 4.69) is 26.8 Å². The van der Waals surface area contributed by atoms with Gasteiger partial charge in [-0.1, -0.05) is 6.07 Å². The Kier molecular flexibility index (Phi) is 5.72. The van der Waals surface area contributed by atoms with Crippen LogP contribution in [0, 0.1) is 0 Å². The van der Waals surface area contributed by atoms with E-state index in [9.17, 15) is 0 Å². The number of hydrogen-bond donors (Lipinski definition) is 0. The second-order valence-electron chi connectivity index (χ2n) is 8.63. The molecule has 154 valence electrons. The van der Waals surface area contributed by atoms with Gasteiger partial charge in [-0.05, 0) is 49.9 Å². The van der Waals surface area contributed by atoms with Gasteiger partial charge in [0.15, 0.2) is 11.5 Å². The van der Waals surface area contributed by atoms with Gasteiger partial charge in [0.1, 0.15) is 0 Å². The zero-order chi connectivity index (χ0) is 18.8. The van der Waals surface area contributed by atoms with Crippen molar-refractivity contribution in [3.8, 4) is 11.5 Å². The Bertz CT molecular complexity index is 656. The first kappa shape index (κ1) is 18.7. The summed E-state index contributed by atoms with van der Waals surface area (Å²) in [5.41, 5.74) is 1.32. The van der Waals surface area contributed by atoms with Crippen LogP contribution in [0.5, 0.6) is 11.5 Å². The number of likely N-dealkylation sites (tertiary alicyclic amines) is 1. The first-order valence-electron chi connectivity index (χ1n) is 11.0. The van der Waals surface area contributed by atoms with Crippen LogP contribution in [0.2, 0.25) is 0 Å². The Hall–Kier alpha value is -1.34. The molecule has 3 fully saturated rings. The van der Waals surface area contributed by atoms with Crippen LogP contribution in [0.3, 0.4) is 0 Å². The van der Waals surface area contributed by atoms with Crippen molar-refractivity contribution in [3.63, 3.8) is 0 Å². The standard InChI is InChI=1S/C22H33N3O3/c1-2-20(16-25(7-1)19-5-12-26-13-6-19)24-10-8-23(9-11-24)15-18-3-4-21-22(14-18)28-17-27-21/h3-4,14,19-20H,1-2,5-13,15-17H2/t20-/m0/s1. The van der Waals surface area contributed by atoms with Crippen molar-refractivity contribution in [1.29, 1.82) is 0 Å². The lowest BCUT2D eigenvalue weighted by atomic mass is 9.98. The fourth-order valence-corrected chi connectivity index (χ4v) is 5.25. The van der Waals surface area contributed by atoms with Gasteiger partial charge in [-0.15, -0.1) is 0 Å². The molecule has 6 nitrogen and oxygen atoms in total. The molecule has 5 rings (SSSR count). The predicted octanol–water partition coefficient (Wildman–Crippen LogP) is 2.18. The minimum atomic E-state index is 0.351. The molecule has 4 heterocycles. The Balaban J connectivity index is 1.11. The number of fused-ring (bicyclic) bond motifs is 1. The van der Waals surface area contributed by atoms with Crippen molar-refractivity contribution < 1.29 is 14.2 Å². The highest BCUT2D eigenvalue weighted by molar-refractivity contribution is 5.44. The zero-order valence-electron chi connectivity index (χ0n) is 16.9. The largest absolute Gasteiger partial charge is 0.454 e. The molecule has 6 heteroatoms. The van der Waals surface area contributed by atoms with E-state index in [0.717, 1.165) is 56.4 Å². The molecule has 0 aliphatic carbocycles. The van der Waals surface area contributed by atoms with E-state index in [0.29, 0.717) is 6.79 Å². The number of ether oxygens (including phenoxy) is 3. The minimum Gasteiger partial charge on any atom is -0.454 e. The van der Waals surface area contributed by atoms with E-state index in [1.165, 1.54) is 57.4 Å². The van der Waals surface area contributed by atoms with Gasteiger partial charge >= 0.3 is 0 Å². The first-order valence-corrected chi connectivity index (χ1v) is 11.0. The Morgan fingerprint density at radius 2 is 1.64 bits per heavy atom. The molecule has 1 atom stereocenters. The third-order valence-electron chi connectivity index (χ3n) is 6.90. The second kappa shape index (κ2) is 8.57. The van der Waals surface area contributed by atoms with Gasteiger partial charge < -0.3 is 14.2 Å². The average Bonchev–Trinajstić information content (AvgIpc) is 3.23. The molecule has 0 bridgehead atoms. The summed E-state index contributed by atoms with van der Waals surface area (Å²) >= 11 is 0. The molecule has 0 radical (unpaired) electrons. The van der Waals surface area contributed by atoms with E-state index < -0.39 is 0 Å². The van der Waals surface area contributed by atoms with Gasteiger partial charge in [0.25, 0.3) is 0 Å². The van der Waals surface area contributed by atoms with Crippen LogP contribution < -0.4 is 9.47 Å². The van der Waals surface area contributed by atoms with Gasteiger partial charge in [0.2, 0.25) is 6.79 Å². The van der Waals surface area contributed by atoms with Crippen molar-refractivity contribution >= 4 is 0 Å². The third-order valence-corrected chi connectivity index (χ3v) is 6.90. The molecule has 4 aliphatic rings. The van der Waals surface area contributed by atoms with Gasteiger partial charge in [0.05, 0.1) is 0 Å². The highest BCUT2D eigenvalue weighted by Crippen LogP contribution is 2.33. The van der Waals surface area contributed by atoms with Crippen molar-refractivity contribution in [1.82, 2.24) is 14.7 Å². The minimum absolute atomic E-state index is 0.351. The fourth-order valence-electron chi connectivity index (χ4n) is 5.25. The highest BCUT2D eigenvalue weighted by Gasteiger charge is 2.31. The van der Waals surface area contributed by atoms with E-state index in [1.807, 2.05) is 6.07 Å². The maximum atomic E-state index is 5.56. The van der Waals surface area contributed by atoms with Crippen LogP contribution in [0.4, 0.5) is 0 Å². The number of piperazine rings is 1. The average molecular weight is 388 g/mol. The van der Waals surface area contributed by atoms with Gasteiger partial charge in [-0.2, -0.15) is 0 Å². The SMILES string of the molecule is c1cc2c(cc1CN1CCN([C@H]3CCCN(C4CCOCC4)C3)CC1)OCO2. The van der Waals surface area contributed by atoms with Crippen LogP contribution in [0.25, 0.3) is 0 Å². The van der Waals surface area contributed by atoms with Crippen LogP contribution in [-0.4, -0.2) is 86.1 Å². The molecular weight excluding hydrogens is 354 g/mol. The normalized spacial score (nSPS) is 27.9. The predicted molar refractivity (Wildman–Crippen MR) is 108 cm³/mol. The summed E-state index contributed by atoms with van der Waals surface area (Å²) in [6.07, 6.45) is 5.15. The van der Waals surface area contributed by atoms with Crippen LogP contribution in [0.15, 0.2) is 18.2 Å². The summed E-state index contributed by atoms with van der Waals surface area (Å²) < 4.78 is 16.5. The lowest BCUT2D eigenvalue weighted by Gasteiger charge is -2.46. The Morgan fingerprint density at radius 1 is 0.821 bits per heavy atom. The number of piperidine rings is 1. The van der Waals surface area contributed by atoms with Crippen molar-refractivity contribution in [2.75, 3.05) is 59.3 Å². The Morgan fingerprint density at radius 3 is 2.50 bits per heavy atom. The summed E-state index contributed by atoms with van der Waals surface area (Å²) in [5.74, 6) is 1.77. The lowest BCUT2D eigenvalue weighted by Crippen LogP contribution is -2.56. The molecule has 28 heavy (non-hydrogen) atoms. The fraction of sp³-hybridized carbons (Fsp3) is 0.727. The van der Waals surface area contributed by atoms with Gasteiger partial charge in [-0.3, -0.25) is 14.7 Å². The van der Waals surface area contributed by atoms with Crippen LogP contribution in [0.1, 0.15) is 31.2 Å². The highest BCUT2D eigenvalue weighted by atomic mass is 16.7. The van der Waals surface area contributed by atoms with Crippen LogP contribution >= 0.6 is 0 Å². The maximum absolute atomic E-state index is 5.56. The summed E-state index contributed by atoms with van der Waals surface area (Å²) in [5, 5.41) is 0. The molecule has 0 aromatic heterocycles. The quantitative estimate of drug-likeness (QED) is 0.788. The monoisotopic (exact) mass is 387 g/mol. The number of nitrogens with zero attached hydrogens (tertiary/aromatic N) is 3. The zero-order valence-corrected chi connectivity index (χ0v) is 16.9. The van der Waals surface area contributed by atoms with Crippen molar-refractivity contribution in [2.24, 2.45) is 0 Å². The van der Waals surface area contributed by atoms with Crippen molar-refractivity contribution in [3.05, 3.63) is 23.8 Å². The van der Waals surface area contributed by atoms with Gasteiger partial charge in [-0.25, -0.2) is 0 Å². The van der Waals surface area contributed by atoms with E-state index in [-0.39, 0.29) is 0 Å². The molecule has 4 aliphatic heterocycles. The Labute approximate surface area is 168 Å². The van der Waals surface area contributed by atoms with Crippen LogP contribution in [-0.2, 0) is 11.3 Å². The molecule has 0 unspecified atom stereocenters. The third kappa shape index (κ3) is 4.15. The van der Waals surface area contributed by atoms with Crippen molar-refractivity contribution in [2.45, 2.75) is 44.3 Å². The maximum Gasteiger partial charge on any atom is 0.231 e. The lowest BCUT2D eigenvalue weighted by molar-refractivity contribution is -0.00257. The summed E-state index contributed by atoms with van der Waals surface area (Å²) in [7, 11) is 0. The van der Waals surface area contributed by atoms with E-state index >= 15 is 0 Å². The summed E-state index contributed by atoms with van der Waals surface area (Å²) in [6.45, 7) is 10.5. The smallest absolute Gasteiger partial charge is 0.231 e. The summed E-state index contributed by atoms with van der Waals surface area (Å²) in [6, 6.07) is 7.85. The number of rotatable bonds is 4. The molecule has 0 spiro atoms. The molecule has 3 saturated heterocycles. The molecule has 0 amide bonds. The molecule has 1 aromatic rings. The molecular formula is C22H33N3O3. The number of hydrogen-bond acceptors (Lipinski definition) is 6. The van der Waals surface area contributed by atoms with E-state index in [1.54, 1.807) is 0 Å². The van der Waals surface area contributed by atoms with E-state index in [4.69, 9.17) is 14.2 Å². The summed E-state index contributed by atoms with van der Waals surface area (Å²) in [4.78, 5) is 8.09.